The minimum Gasteiger partial charge on any atom is -0.479 e. The van der Waals surface area contributed by atoms with Gasteiger partial charge in [0.05, 0.1) is 11.0 Å². The van der Waals surface area contributed by atoms with E-state index in [1.54, 1.807) is 20.8 Å². The zero-order valence-corrected chi connectivity index (χ0v) is 15.4. The molecule has 1 aliphatic carbocycles. The quantitative estimate of drug-likeness (QED) is 0.567. The fourth-order valence-corrected chi connectivity index (χ4v) is 3.48. The number of nitro groups is 1. The zero-order chi connectivity index (χ0) is 19.7. The van der Waals surface area contributed by atoms with E-state index in [1.165, 1.54) is 18.2 Å². The van der Waals surface area contributed by atoms with Gasteiger partial charge in [-0.25, -0.2) is 4.79 Å². The molecule has 0 spiro atoms. The number of carbonyl (C=O) groups is 2. The molecule has 1 saturated carbocycles. The minimum absolute atomic E-state index is 0.0604. The van der Waals surface area contributed by atoms with Gasteiger partial charge < -0.3 is 15.2 Å². The number of rotatable bonds is 7. The van der Waals surface area contributed by atoms with Crippen molar-refractivity contribution >= 4 is 17.6 Å². The molecule has 1 aromatic carbocycles. The predicted octanol–water partition coefficient (Wildman–Crippen LogP) is 2.55. The maximum atomic E-state index is 12.6. The van der Waals surface area contributed by atoms with Gasteiger partial charge in [0.2, 0.25) is 0 Å². The van der Waals surface area contributed by atoms with Crippen molar-refractivity contribution in [1.29, 1.82) is 0 Å². The highest BCUT2D eigenvalue weighted by Gasteiger charge is 2.66. The van der Waals surface area contributed by atoms with Crippen LogP contribution in [0.25, 0.3) is 0 Å². The molecule has 1 fully saturated rings. The van der Waals surface area contributed by atoms with Gasteiger partial charge in [-0.2, -0.15) is 0 Å². The number of hydrogen-bond donors (Lipinski definition) is 2. The van der Waals surface area contributed by atoms with Crippen molar-refractivity contribution in [1.82, 2.24) is 5.32 Å². The van der Waals surface area contributed by atoms with Crippen molar-refractivity contribution in [2.75, 3.05) is 6.61 Å². The van der Waals surface area contributed by atoms with Gasteiger partial charge in [0, 0.05) is 35.6 Å². The highest BCUT2D eigenvalue weighted by atomic mass is 16.6. The number of carboxylic acids is 1. The van der Waals surface area contributed by atoms with E-state index in [2.05, 4.69) is 5.32 Å². The Hall–Kier alpha value is -2.48. The van der Waals surface area contributed by atoms with E-state index in [4.69, 9.17) is 4.74 Å². The highest BCUT2D eigenvalue weighted by molar-refractivity contribution is 5.99. The molecule has 142 valence electrons. The van der Waals surface area contributed by atoms with Gasteiger partial charge in [0.15, 0.2) is 0 Å². The molecule has 2 unspecified atom stereocenters. The third-order valence-electron chi connectivity index (χ3n) is 5.38. The predicted molar refractivity (Wildman–Crippen MR) is 94.1 cm³/mol. The molecule has 1 amide bonds. The Kier molecular flexibility index (Phi) is 5.36. The van der Waals surface area contributed by atoms with Crippen LogP contribution in [0.2, 0.25) is 0 Å². The van der Waals surface area contributed by atoms with E-state index in [1.807, 2.05) is 6.92 Å². The molecular formula is C18H24N2O6. The first-order chi connectivity index (χ1) is 12.1. The second kappa shape index (κ2) is 7.03. The van der Waals surface area contributed by atoms with Crippen LogP contribution in [0.4, 0.5) is 5.69 Å². The molecule has 26 heavy (non-hydrogen) atoms. The Morgan fingerprint density at radius 1 is 1.38 bits per heavy atom. The Morgan fingerprint density at radius 3 is 2.50 bits per heavy atom. The number of nitro benzene ring substituents is 1. The zero-order valence-electron chi connectivity index (χ0n) is 15.4. The smallest absolute Gasteiger partial charge is 0.330 e. The van der Waals surface area contributed by atoms with Gasteiger partial charge in [0.25, 0.3) is 11.6 Å². The molecule has 2 N–H and O–H groups in total. The third-order valence-corrected chi connectivity index (χ3v) is 5.38. The summed E-state index contributed by atoms with van der Waals surface area (Å²) in [6.07, 6.45) is 0.311. The summed E-state index contributed by atoms with van der Waals surface area (Å²) in [6, 6.07) is 4.19. The van der Waals surface area contributed by atoms with E-state index < -0.39 is 27.8 Å². The van der Waals surface area contributed by atoms with Crippen molar-refractivity contribution in [3.63, 3.8) is 0 Å². The second-order valence-electron chi connectivity index (χ2n) is 6.99. The lowest BCUT2D eigenvalue weighted by Gasteiger charge is -2.58. The van der Waals surface area contributed by atoms with Crippen LogP contribution in [-0.2, 0) is 16.0 Å². The van der Waals surface area contributed by atoms with Gasteiger partial charge in [-0.15, -0.1) is 0 Å². The SMILES string of the molecule is CCOC1CC(NC(=O)c2ccc(CC)c([N+](=O)[O-])c2)(C(=O)O)C1(C)C. The van der Waals surface area contributed by atoms with Crippen LogP contribution >= 0.6 is 0 Å². The molecule has 0 bridgehead atoms. The number of amides is 1. The lowest BCUT2D eigenvalue weighted by atomic mass is 9.54. The number of carbonyl (C=O) groups excluding carboxylic acids is 1. The normalized spacial score (nSPS) is 23.8. The number of nitrogens with zero attached hydrogens (tertiary/aromatic N) is 1. The number of nitrogens with one attached hydrogen (secondary N) is 1. The molecule has 0 aromatic heterocycles. The lowest BCUT2D eigenvalue weighted by molar-refractivity contribution is -0.385. The highest BCUT2D eigenvalue weighted by Crippen LogP contribution is 2.51. The van der Waals surface area contributed by atoms with Crippen LogP contribution in [0, 0.1) is 15.5 Å². The number of aliphatic carboxylic acids is 1. The van der Waals surface area contributed by atoms with E-state index in [9.17, 15) is 24.8 Å². The Morgan fingerprint density at radius 2 is 2.04 bits per heavy atom. The van der Waals surface area contributed by atoms with Crippen LogP contribution in [0.1, 0.15) is 50.0 Å². The van der Waals surface area contributed by atoms with Crippen LogP contribution in [0.15, 0.2) is 18.2 Å². The monoisotopic (exact) mass is 364 g/mol. The standard InChI is InChI=1S/C18H24N2O6/c1-5-11-7-8-12(9-13(11)20(24)25)15(21)19-18(16(22)23)10-14(26-6-2)17(18,3)4/h7-9,14H,5-6,10H2,1-4H3,(H,19,21)(H,22,23). The fourth-order valence-electron chi connectivity index (χ4n) is 3.48. The summed E-state index contributed by atoms with van der Waals surface area (Å²) in [5.41, 5.74) is -1.88. The number of hydrogen-bond acceptors (Lipinski definition) is 5. The van der Waals surface area contributed by atoms with Crippen LogP contribution in [0.5, 0.6) is 0 Å². The van der Waals surface area contributed by atoms with E-state index in [0.29, 0.717) is 18.6 Å². The van der Waals surface area contributed by atoms with E-state index in [0.717, 1.165) is 0 Å². The summed E-state index contributed by atoms with van der Waals surface area (Å²) in [6.45, 7) is 7.51. The Balaban J connectivity index is 2.32. The minimum atomic E-state index is -1.48. The largest absolute Gasteiger partial charge is 0.479 e. The fraction of sp³-hybridized carbons (Fsp3) is 0.556. The van der Waals surface area contributed by atoms with Gasteiger partial charge in [-0.05, 0) is 19.4 Å². The van der Waals surface area contributed by atoms with Crippen molar-refractivity contribution in [3.8, 4) is 0 Å². The van der Waals surface area contributed by atoms with E-state index >= 15 is 0 Å². The molecule has 2 rings (SSSR count). The van der Waals surface area contributed by atoms with Gasteiger partial charge in [0.1, 0.15) is 5.54 Å². The van der Waals surface area contributed by atoms with Crippen molar-refractivity contribution in [3.05, 3.63) is 39.4 Å². The number of benzene rings is 1. The Labute approximate surface area is 151 Å². The Bertz CT molecular complexity index is 745. The molecule has 0 aliphatic heterocycles. The molecule has 0 radical (unpaired) electrons. The molecule has 8 heteroatoms. The molecule has 0 heterocycles. The summed E-state index contributed by atoms with van der Waals surface area (Å²) >= 11 is 0. The summed E-state index contributed by atoms with van der Waals surface area (Å²) in [4.78, 5) is 35.2. The maximum absolute atomic E-state index is 12.6. The first-order valence-electron chi connectivity index (χ1n) is 8.55. The summed E-state index contributed by atoms with van der Waals surface area (Å²) in [5.74, 6) is -1.80. The van der Waals surface area contributed by atoms with E-state index in [-0.39, 0.29) is 23.8 Å². The van der Waals surface area contributed by atoms with Crippen LogP contribution in [0.3, 0.4) is 0 Å². The summed E-state index contributed by atoms with van der Waals surface area (Å²) in [7, 11) is 0. The van der Waals surface area contributed by atoms with Gasteiger partial charge >= 0.3 is 5.97 Å². The molecular weight excluding hydrogens is 340 g/mol. The lowest BCUT2D eigenvalue weighted by Crippen LogP contribution is -2.76. The van der Waals surface area contributed by atoms with Crippen LogP contribution < -0.4 is 5.32 Å². The average Bonchev–Trinajstić information content (AvgIpc) is 2.59. The maximum Gasteiger partial charge on any atom is 0.330 e. The molecule has 0 saturated heterocycles. The summed E-state index contributed by atoms with van der Waals surface area (Å²) in [5, 5.41) is 23.5. The molecule has 1 aromatic rings. The topological polar surface area (TPSA) is 119 Å². The second-order valence-corrected chi connectivity index (χ2v) is 6.99. The number of ether oxygens (including phenoxy) is 1. The van der Waals surface area contributed by atoms with Gasteiger partial charge in [-0.1, -0.05) is 26.8 Å². The first-order valence-corrected chi connectivity index (χ1v) is 8.55. The van der Waals surface area contributed by atoms with Crippen LogP contribution in [-0.4, -0.2) is 40.2 Å². The van der Waals surface area contributed by atoms with Crippen molar-refractivity contribution in [2.45, 2.75) is 52.2 Å². The third kappa shape index (κ3) is 3.05. The summed E-state index contributed by atoms with van der Waals surface area (Å²) < 4.78 is 5.56. The number of carboxylic acid groups (broad SMARTS) is 1. The van der Waals surface area contributed by atoms with Crippen molar-refractivity contribution in [2.24, 2.45) is 5.41 Å². The first kappa shape index (κ1) is 19.8. The van der Waals surface area contributed by atoms with Gasteiger partial charge in [-0.3, -0.25) is 14.9 Å². The average molecular weight is 364 g/mol. The molecule has 2 atom stereocenters. The molecule has 1 aliphatic rings. The molecule has 8 nitrogen and oxygen atoms in total. The number of aryl methyl sites for hydroxylation is 1. The van der Waals surface area contributed by atoms with Crippen molar-refractivity contribution < 1.29 is 24.4 Å².